The molecule has 1 fully saturated rings. The van der Waals surface area contributed by atoms with E-state index in [4.69, 9.17) is 19.7 Å². The number of halogens is 2. The first kappa shape index (κ1) is 29.0. The second kappa shape index (κ2) is 10.3. The van der Waals surface area contributed by atoms with E-state index >= 15 is 8.78 Å². The maximum atomic E-state index is 15.7. The van der Waals surface area contributed by atoms with Crippen LogP contribution in [0.4, 0.5) is 20.5 Å². The van der Waals surface area contributed by atoms with Crippen LogP contribution >= 0.6 is 8.18 Å². The van der Waals surface area contributed by atoms with Gasteiger partial charge in [-0.15, -0.1) is 4.52 Å². The van der Waals surface area contributed by atoms with Crippen molar-refractivity contribution in [1.82, 2.24) is 24.6 Å². The molecule has 16 heteroatoms. The average Bonchev–Trinajstić information content (AvgIpc) is 3.27. The number of ether oxygens (including phenoxy) is 2. The number of nitrogen functional groups attached to an aromatic ring is 1. The van der Waals surface area contributed by atoms with Crippen LogP contribution in [-0.2, 0) is 23.4 Å². The number of hydrogen-bond acceptors (Lipinski definition) is 11. The van der Waals surface area contributed by atoms with Gasteiger partial charge in [0.15, 0.2) is 41.6 Å². The number of fused-ring (bicyclic) bond motifs is 1. The first-order chi connectivity index (χ1) is 17.0. The summed E-state index contributed by atoms with van der Waals surface area (Å²) < 4.78 is 60.1. The summed E-state index contributed by atoms with van der Waals surface area (Å²) in [4.78, 5) is 26.0. The maximum Gasteiger partial charge on any atom is 0.614 e. The van der Waals surface area contributed by atoms with Crippen LogP contribution in [0.15, 0.2) is 6.33 Å². The molecule has 2 aromatic heterocycles. The number of carbonyl (C=O) groups excluding carboxylic acids is 1. The summed E-state index contributed by atoms with van der Waals surface area (Å²) in [7, 11) is 0.579. The van der Waals surface area contributed by atoms with E-state index in [0.717, 1.165) is 11.5 Å². The minimum absolute atomic E-state index is 0.0535. The maximum absolute atomic E-state index is 15.7. The normalized spacial score (nSPS) is 27.4. The number of hydrogen-bond donors (Lipinski definition) is 3. The molecule has 37 heavy (non-hydrogen) atoms. The van der Waals surface area contributed by atoms with Crippen LogP contribution in [0.3, 0.4) is 0 Å². The quantitative estimate of drug-likeness (QED) is 0.308. The van der Waals surface area contributed by atoms with Crippen LogP contribution < -0.4 is 15.7 Å². The Bertz CT molecular complexity index is 1170. The van der Waals surface area contributed by atoms with Crippen molar-refractivity contribution in [1.29, 1.82) is 0 Å². The molecule has 13 nitrogen and oxygen atoms in total. The lowest BCUT2D eigenvalue weighted by molar-refractivity contribution is -0.201. The van der Waals surface area contributed by atoms with Crippen LogP contribution in [0.25, 0.3) is 11.2 Å². The summed E-state index contributed by atoms with van der Waals surface area (Å²) in [6.45, 7) is 6.98. The largest absolute Gasteiger partial charge is 0.614 e. The molecule has 0 aromatic carbocycles. The van der Waals surface area contributed by atoms with Gasteiger partial charge < -0.3 is 25.2 Å². The van der Waals surface area contributed by atoms with Gasteiger partial charge in [-0.3, -0.25) is 9.36 Å². The van der Waals surface area contributed by atoms with Crippen molar-refractivity contribution < 1.29 is 37.2 Å². The number of esters is 1. The molecular formula is C21H33F2N7O6P+. The lowest BCUT2D eigenvalue weighted by Gasteiger charge is -2.24. The molecule has 0 saturated carbocycles. The van der Waals surface area contributed by atoms with Crippen molar-refractivity contribution in [2.75, 3.05) is 37.9 Å². The fourth-order valence-electron chi connectivity index (χ4n) is 3.57. The summed E-state index contributed by atoms with van der Waals surface area (Å²) in [5.74, 6) is -3.58. The van der Waals surface area contributed by atoms with E-state index in [1.54, 1.807) is 19.0 Å². The van der Waals surface area contributed by atoms with Gasteiger partial charge in [0.25, 0.3) is 5.85 Å². The molecule has 6 atom stereocenters. The zero-order valence-corrected chi connectivity index (χ0v) is 22.6. The second-order valence-corrected chi connectivity index (χ2v) is 11.5. The highest BCUT2D eigenvalue weighted by atomic mass is 31.1. The van der Waals surface area contributed by atoms with Crippen LogP contribution in [0.1, 0.15) is 40.8 Å². The Balaban J connectivity index is 1.73. The summed E-state index contributed by atoms with van der Waals surface area (Å²) in [6, 6.07) is -1.04. The van der Waals surface area contributed by atoms with Crippen LogP contribution in [-0.4, -0.2) is 81.6 Å². The molecule has 4 N–H and O–H groups in total. The first-order valence-electron chi connectivity index (χ1n) is 11.4. The predicted molar refractivity (Wildman–Crippen MR) is 130 cm³/mol. The van der Waals surface area contributed by atoms with Crippen molar-refractivity contribution in [3.05, 3.63) is 6.33 Å². The van der Waals surface area contributed by atoms with Gasteiger partial charge in [-0.25, -0.2) is 13.8 Å². The Hall–Kier alpha value is -2.58. The van der Waals surface area contributed by atoms with Gasteiger partial charge in [-0.2, -0.15) is 9.97 Å². The Morgan fingerprint density at radius 3 is 2.65 bits per heavy atom. The van der Waals surface area contributed by atoms with Crippen LogP contribution in [0, 0.1) is 5.41 Å². The number of aliphatic hydroxyl groups excluding tert-OH is 1. The fourth-order valence-corrected chi connectivity index (χ4v) is 4.36. The van der Waals surface area contributed by atoms with Gasteiger partial charge in [0.05, 0.1) is 12.9 Å². The molecule has 0 aliphatic carbocycles. The monoisotopic (exact) mass is 548 g/mol. The molecule has 1 aliphatic rings. The average molecular weight is 549 g/mol. The minimum atomic E-state index is -3.10. The van der Waals surface area contributed by atoms with E-state index in [2.05, 4.69) is 20.0 Å². The molecule has 0 radical (unpaired) electrons. The van der Waals surface area contributed by atoms with Gasteiger partial charge in [0.1, 0.15) is 6.04 Å². The zero-order valence-electron chi connectivity index (χ0n) is 21.7. The number of imidazole rings is 1. The van der Waals surface area contributed by atoms with Gasteiger partial charge in [-0.05, 0) is 23.8 Å². The van der Waals surface area contributed by atoms with Gasteiger partial charge >= 0.3 is 14.1 Å². The Labute approximate surface area is 213 Å². The van der Waals surface area contributed by atoms with E-state index in [9.17, 15) is 14.5 Å². The molecule has 2 aromatic rings. The Morgan fingerprint density at radius 2 is 2.05 bits per heavy atom. The summed E-state index contributed by atoms with van der Waals surface area (Å²) >= 11 is 0. The molecule has 206 valence electrons. The number of carbonyl (C=O) groups is 1. The van der Waals surface area contributed by atoms with Crippen molar-refractivity contribution >= 4 is 37.1 Å². The Morgan fingerprint density at radius 1 is 1.41 bits per heavy atom. The lowest BCUT2D eigenvalue weighted by Crippen LogP contribution is -2.46. The van der Waals surface area contributed by atoms with Crippen molar-refractivity contribution in [3.8, 4) is 0 Å². The number of nitrogens with zero attached hydrogens (tertiary/aromatic N) is 5. The number of aliphatic hydroxyl groups is 1. The van der Waals surface area contributed by atoms with Gasteiger partial charge in [0.2, 0.25) is 5.95 Å². The van der Waals surface area contributed by atoms with E-state index in [-0.39, 0.29) is 29.1 Å². The molecule has 1 saturated heterocycles. The second-order valence-electron chi connectivity index (χ2n) is 10.5. The number of alkyl halides is 2. The number of aromatic nitrogens is 4. The SMILES string of the molecule is C[C@H](N[P+](=O)OC[C@@]1(F)O[C@@H](n2cnc3c(N(C)C)nc(N)nc32)[C@](C)(F)[C@@H]1O)C(=O)OCC(C)(C)C. The third-order valence-corrected chi connectivity index (χ3v) is 6.47. The van der Waals surface area contributed by atoms with E-state index in [0.29, 0.717) is 5.82 Å². The standard InChI is InChI=1S/C21H33F2N7O6P/c1-11(15(31)34-8-19(2,3)4)28-37(33)35-9-21(23)16(32)20(5,22)17(36-21)30-10-25-12-13(29(6)7)26-18(24)27-14(12)30/h10-11,16-17,32H,8-9H2,1-7H3,(H,28,33)(H2,24,26,27)/q+1/t11-,16-,17+,20+,21+/m0/s1. The molecule has 0 spiro atoms. The molecule has 3 rings (SSSR count). The summed E-state index contributed by atoms with van der Waals surface area (Å²) in [5, 5.41) is 12.8. The van der Waals surface area contributed by atoms with E-state index in [1.807, 2.05) is 20.8 Å². The summed E-state index contributed by atoms with van der Waals surface area (Å²) in [6.07, 6.45) is -2.91. The molecule has 1 aliphatic heterocycles. The van der Waals surface area contributed by atoms with Crippen LogP contribution in [0.5, 0.6) is 0 Å². The molecular weight excluding hydrogens is 515 g/mol. The zero-order chi connectivity index (χ0) is 27.9. The van der Waals surface area contributed by atoms with Gasteiger partial charge in [-0.1, -0.05) is 25.9 Å². The van der Waals surface area contributed by atoms with Crippen molar-refractivity contribution in [2.45, 2.75) is 64.5 Å². The fraction of sp³-hybridized carbons (Fsp3) is 0.714. The van der Waals surface area contributed by atoms with E-state index in [1.165, 1.54) is 13.3 Å². The molecule has 0 amide bonds. The highest BCUT2D eigenvalue weighted by Gasteiger charge is 2.65. The molecule has 3 heterocycles. The van der Waals surface area contributed by atoms with E-state index < -0.39 is 50.7 Å². The van der Waals surface area contributed by atoms with Crippen molar-refractivity contribution in [2.24, 2.45) is 5.41 Å². The third-order valence-electron chi connectivity index (χ3n) is 5.51. The number of nitrogens with two attached hydrogens (primary N) is 1. The van der Waals surface area contributed by atoms with Gasteiger partial charge in [0, 0.05) is 14.1 Å². The number of rotatable bonds is 9. The number of anilines is 2. The first-order valence-corrected chi connectivity index (χ1v) is 12.6. The predicted octanol–water partition coefficient (Wildman–Crippen LogP) is 2.00. The third kappa shape index (κ3) is 6.12. The highest BCUT2D eigenvalue weighted by Crippen LogP contribution is 2.49. The highest BCUT2D eigenvalue weighted by molar-refractivity contribution is 7.36. The van der Waals surface area contributed by atoms with Crippen molar-refractivity contribution in [3.63, 3.8) is 0 Å². The Kier molecular flexibility index (Phi) is 8.06. The lowest BCUT2D eigenvalue weighted by atomic mass is 9.97. The topological polar surface area (TPSA) is 167 Å². The molecule has 1 unspecified atom stereocenters. The molecule has 0 bridgehead atoms. The number of nitrogens with one attached hydrogen (secondary N) is 1. The van der Waals surface area contributed by atoms with Crippen LogP contribution in [0.2, 0.25) is 0 Å². The smallest absolute Gasteiger partial charge is 0.464 e. The summed E-state index contributed by atoms with van der Waals surface area (Å²) in [5.41, 5.74) is 3.12. The minimum Gasteiger partial charge on any atom is -0.464 e.